The van der Waals surface area contributed by atoms with E-state index in [0.29, 0.717) is 19.6 Å². The maximum Gasteiger partial charge on any atom is 0.358 e. The summed E-state index contributed by atoms with van der Waals surface area (Å²) in [5.74, 6) is -1.48. The highest BCUT2D eigenvalue weighted by Crippen LogP contribution is 2.11. The van der Waals surface area contributed by atoms with Crippen molar-refractivity contribution in [2.24, 2.45) is 11.1 Å². The van der Waals surface area contributed by atoms with Crippen molar-refractivity contribution in [2.45, 2.75) is 20.4 Å². The second-order valence-corrected chi connectivity index (χ2v) is 4.60. The molecule has 8 heteroatoms. The lowest BCUT2D eigenvalue weighted by molar-refractivity contribution is -0.125. The lowest BCUT2D eigenvalue weighted by atomic mass is 9.93. The third-order valence-corrected chi connectivity index (χ3v) is 2.51. The molecule has 0 radical (unpaired) electrons. The highest BCUT2D eigenvalue weighted by Gasteiger charge is 2.23. The first-order valence-corrected chi connectivity index (χ1v) is 5.47. The van der Waals surface area contributed by atoms with Gasteiger partial charge in [0.2, 0.25) is 5.91 Å². The van der Waals surface area contributed by atoms with Gasteiger partial charge in [-0.25, -0.2) is 4.79 Å². The number of nitrogens with two attached hydrogens (primary N) is 1. The largest absolute Gasteiger partial charge is 0.476 e. The SMILES string of the molecule is CC(C)(CNCCn1cc(C(=O)O)nn1)C(N)=O. The zero-order chi connectivity index (χ0) is 13.8. The fourth-order valence-electron chi connectivity index (χ4n) is 1.19. The number of amides is 1. The molecular weight excluding hydrogens is 238 g/mol. The maximum absolute atomic E-state index is 11.1. The molecule has 1 heterocycles. The Labute approximate surface area is 104 Å². The number of hydrogen-bond donors (Lipinski definition) is 3. The fourth-order valence-corrected chi connectivity index (χ4v) is 1.19. The summed E-state index contributed by atoms with van der Waals surface area (Å²) in [7, 11) is 0. The highest BCUT2D eigenvalue weighted by atomic mass is 16.4. The molecule has 1 aromatic heterocycles. The van der Waals surface area contributed by atoms with Crippen molar-refractivity contribution in [3.63, 3.8) is 0 Å². The van der Waals surface area contributed by atoms with E-state index in [1.165, 1.54) is 10.9 Å². The molecule has 4 N–H and O–H groups in total. The molecule has 0 aliphatic carbocycles. The van der Waals surface area contributed by atoms with Crippen LogP contribution in [0, 0.1) is 5.41 Å². The standard InChI is InChI=1S/C10H17N5O3/c1-10(2,9(11)18)6-12-3-4-15-5-7(8(16)17)13-14-15/h5,12H,3-4,6H2,1-2H3,(H2,11,18)(H,16,17). The van der Waals surface area contributed by atoms with E-state index in [9.17, 15) is 9.59 Å². The molecule has 0 saturated carbocycles. The van der Waals surface area contributed by atoms with Crippen molar-refractivity contribution in [1.29, 1.82) is 0 Å². The number of nitrogens with zero attached hydrogens (tertiary/aromatic N) is 3. The summed E-state index contributed by atoms with van der Waals surface area (Å²) in [6.45, 7) is 4.96. The van der Waals surface area contributed by atoms with Gasteiger partial charge >= 0.3 is 5.97 Å². The molecule has 0 unspecified atom stereocenters. The van der Waals surface area contributed by atoms with Crippen molar-refractivity contribution < 1.29 is 14.7 Å². The van der Waals surface area contributed by atoms with Gasteiger partial charge in [0, 0.05) is 13.1 Å². The van der Waals surface area contributed by atoms with Gasteiger partial charge in [0.1, 0.15) is 0 Å². The van der Waals surface area contributed by atoms with Gasteiger partial charge in [-0.15, -0.1) is 5.10 Å². The molecule has 100 valence electrons. The van der Waals surface area contributed by atoms with Crippen LogP contribution in [-0.2, 0) is 11.3 Å². The van der Waals surface area contributed by atoms with E-state index in [0.717, 1.165) is 0 Å². The van der Waals surface area contributed by atoms with Crippen LogP contribution < -0.4 is 11.1 Å². The van der Waals surface area contributed by atoms with Crippen molar-refractivity contribution >= 4 is 11.9 Å². The van der Waals surface area contributed by atoms with Crippen LogP contribution in [0.4, 0.5) is 0 Å². The fraction of sp³-hybridized carbons (Fsp3) is 0.600. The number of carboxylic acids is 1. The summed E-state index contributed by atoms with van der Waals surface area (Å²) in [6.07, 6.45) is 1.35. The van der Waals surface area contributed by atoms with Crippen molar-refractivity contribution in [1.82, 2.24) is 20.3 Å². The van der Waals surface area contributed by atoms with E-state index < -0.39 is 11.4 Å². The molecule has 1 rings (SSSR count). The molecule has 1 amide bonds. The van der Waals surface area contributed by atoms with E-state index in [-0.39, 0.29) is 11.6 Å². The van der Waals surface area contributed by atoms with Gasteiger partial charge < -0.3 is 16.2 Å². The second-order valence-electron chi connectivity index (χ2n) is 4.60. The Bertz CT molecular complexity index is 440. The first kappa shape index (κ1) is 14.1. The van der Waals surface area contributed by atoms with Crippen LogP contribution in [0.2, 0.25) is 0 Å². The molecule has 0 aliphatic rings. The van der Waals surface area contributed by atoms with E-state index >= 15 is 0 Å². The smallest absolute Gasteiger partial charge is 0.358 e. The molecule has 0 aromatic carbocycles. The number of carboxylic acid groups (broad SMARTS) is 1. The summed E-state index contributed by atoms with van der Waals surface area (Å²) in [6, 6.07) is 0. The molecule has 0 saturated heterocycles. The number of nitrogens with one attached hydrogen (secondary N) is 1. The Morgan fingerprint density at radius 2 is 2.22 bits per heavy atom. The summed E-state index contributed by atoms with van der Waals surface area (Å²) in [5, 5.41) is 18.9. The first-order chi connectivity index (χ1) is 8.33. The normalized spacial score (nSPS) is 11.4. The molecule has 0 fully saturated rings. The van der Waals surface area contributed by atoms with Crippen molar-refractivity contribution in [3.05, 3.63) is 11.9 Å². The van der Waals surface area contributed by atoms with Crippen molar-refractivity contribution in [3.8, 4) is 0 Å². The van der Waals surface area contributed by atoms with E-state index in [1.807, 2.05) is 0 Å². The number of carbonyl (C=O) groups excluding carboxylic acids is 1. The van der Waals surface area contributed by atoms with Gasteiger partial charge in [0.15, 0.2) is 5.69 Å². The van der Waals surface area contributed by atoms with Crippen LogP contribution in [0.5, 0.6) is 0 Å². The number of rotatable bonds is 7. The molecule has 0 spiro atoms. The van der Waals surface area contributed by atoms with Gasteiger partial charge in [-0.05, 0) is 13.8 Å². The summed E-state index contributed by atoms with van der Waals surface area (Å²) in [4.78, 5) is 21.6. The van der Waals surface area contributed by atoms with Crippen LogP contribution in [0.1, 0.15) is 24.3 Å². The molecule has 0 atom stereocenters. The quantitative estimate of drug-likeness (QED) is 0.541. The van der Waals surface area contributed by atoms with E-state index in [2.05, 4.69) is 15.6 Å². The first-order valence-electron chi connectivity index (χ1n) is 5.47. The second kappa shape index (κ2) is 5.58. The van der Waals surface area contributed by atoms with Crippen LogP contribution in [0.15, 0.2) is 6.20 Å². The monoisotopic (exact) mass is 255 g/mol. The predicted octanol–water partition coefficient (Wildman–Crippen LogP) is -0.923. The third kappa shape index (κ3) is 3.81. The molecule has 0 bridgehead atoms. The van der Waals surface area contributed by atoms with Gasteiger partial charge in [-0.1, -0.05) is 5.21 Å². The predicted molar refractivity (Wildman–Crippen MR) is 62.8 cm³/mol. The number of primary amides is 1. The Balaban J connectivity index is 2.34. The van der Waals surface area contributed by atoms with Gasteiger partial charge in [0.25, 0.3) is 0 Å². The molecule has 8 nitrogen and oxygen atoms in total. The zero-order valence-electron chi connectivity index (χ0n) is 10.4. The Morgan fingerprint density at radius 1 is 1.56 bits per heavy atom. The average molecular weight is 255 g/mol. The lowest BCUT2D eigenvalue weighted by Gasteiger charge is -2.20. The number of hydrogen-bond acceptors (Lipinski definition) is 5. The van der Waals surface area contributed by atoms with Crippen LogP contribution in [0.25, 0.3) is 0 Å². The van der Waals surface area contributed by atoms with Crippen molar-refractivity contribution in [2.75, 3.05) is 13.1 Å². The Kier molecular flexibility index (Phi) is 4.38. The third-order valence-electron chi connectivity index (χ3n) is 2.51. The summed E-state index contributed by atoms with van der Waals surface area (Å²) in [5.41, 5.74) is 4.52. The highest BCUT2D eigenvalue weighted by molar-refractivity contribution is 5.84. The molecular formula is C10H17N5O3. The van der Waals surface area contributed by atoms with E-state index in [1.54, 1.807) is 13.8 Å². The number of aromatic nitrogens is 3. The van der Waals surface area contributed by atoms with Crippen LogP contribution >= 0.6 is 0 Å². The minimum Gasteiger partial charge on any atom is -0.476 e. The molecule has 0 aliphatic heterocycles. The van der Waals surface area contributed by atoms with Gasteiger partial charge in [-0.2, -0.15) is 0 Å². The minimum absolute atomic E-state index is 0.0903. The topological polar surface area (TPSA) is 123 Å². The zero-order valence-corrected chi connectivity index (χ0v) is 10.4. The number of aromatic carboxylic acids is 1. The molecule has 18 heavy (non-hydrogen) atoms. The Hall–Kier alpha value is -1.96. The van der Waals surface area contributed by atoms with E-state index in [4.69, 9.17) is 10.8 Å². The Morgan fingerprint density at radius 3 is 2.72 bits per heavy atom. The van der Waals surface area contributed by atoms with Crippen LogP contribution in [-0.4, -0.2) is 45.1 Å². The minimum atomic E-state index is -1.11. The summed E-state index contributed by atoms with van der Waals surface area (Å²) >= 11 is 0. The van der Waals surface area contributed by atoms with Crippen LogP contribution in [0.3, 0.4) is 0 Å². The summed E-state index contributed by atoms with van der Waals surface area (Å²) < 4.78 is 1.42. The maximum atomic E-state index is 11.1. The number of carbonyl (C=O) groups is 2. The van der Waals surface area contributed by atoms with Gasteiger partial charge in [0.05, 0.1) is 18.2 Å². The van der Waals surface area contributed by atoms with Gasteiger partial charge in [-0.3, -0.25) is 9.48 Å². The molecule has 1 aromatic rings. The lowest BCUT2D eigenvalue weighted by Crippen LogP contribution is -2.41. The average Bonchev–Trinajstić information content (AvgIpc) is 2.73.